The van der Waals surface area contributed by atoms with Gasteiger partial charge in [-0.25, -0.2) is 0 Å². The molecule has 0 aliphatic heterocycles. The summed E-state index contributed by atoms with van der Waals surface area (Å²) in [6.07, 6.45) is -2.45. The number of benzene rings is 2. The number of halogens is 7. The summed E-state index contributed by atoms with van der Waals surface area (Å²) in [7, 11) is 0. The summed E-state index contributed by atoms with van der Waals surface area (Å²) in [5.74, 6) is -3.37. The summed E-state index contributed by atoms with van der Waals surface area (Å²) >= 11 is 20.5. The number of allylic oxidation sites excluding steroid dienone is 1. The van der Waals surface area contributed by atoms with Gasteiger partial charge in [-0.2, -0.15) is 13.2 Å². The molecular formula is C17H8BrCl3F3O2-. The predicted octanol–water partition coefficient (Wildman–Crippen LogP) is 6.13. The van der Waals surface area contributed by atoms with Crippen LogP contribution in [0.1, 0.15) is 27.4 Å². The summed E-state index contributed by atoms with van der Waals surface area (Å²) in [4.78, 5) is 10.9. The smallest absolute Gasteiger partial charge is 0.399 e. The Bertz CT molecular complexity index is 859. The first-order chi connectivity index (χ1) is 12.0. The van der Waals surface area contributed by atoms with E-state index in [4.69, 9.17) is 34.8 Å². The maximum atomic E-state index is 13.5. The molecule has 0 fully saturated rings. The maximum Gasteiger partial charge on any atom is 0.399 e. The first-order valence-corrected chi connectivity index (χ1v) is 8.83. The van der Waals surface area contributed by atoms with Gasteiger partial charge in [0.2, 0.25) is 0 Å². The number of carbonyl (C=O) groups is 1. The van der Waals surface area contributed by atoms with Crippen molar-refractivity contribution in [3.05, 3.63) is 72.6 Å². The van der Waals surface area contributed by atoms with Gasteiger partial charge in [-0.1, -0.05) is 75.0 Å². The van der Waals surface area contributed by atoms with Crippen molar-refractivity contribution in [2.75, 3.05) is 0 Å². The Morgan fingerprint density at radius 1 is 1.12 bits per heavy atom. The Kier molecular flexibility index (Phi) is 6.66. The van der Waals surface area contributed by atoms with E-state index in [9.17, 15) is 23.1 Å². The fourth-order valence-corrected chi connectivity index (χ4v) is 3.34. The summed E-state index contributed by atoms with van der Waals surface area (Å²) < 4.78 is 40.6. The average molecular weight is 488 g/mol. The van der Waals surface area contributed by atoms with Crippen molar-refractivity contribution < 1.29 is 23.1 Å². The second kappa shape index (κ2) is 8.21. The van der Waals surface area contributed by atoms with E-state index in [0.29, 0.717) is 5.56 Å². The summed E-state index contributed by atoms with van der Waals surface area (Å²) in [6.45, 7) is 0. The van der Waals surface area contributed by atoms with Gasteiger partial charge in [-0.3, -0.25) is 0 Å². The van der Waals surface area contributed by atoms with Crippen molar-refractivity contribution in [1.29, 1.82) is 0 Å². The topological polar surface area (TPSA) is 40.1 Å². The fraction of sp³-hybridized carbons (Fsp3) is 0.118. The van der Waals surface area contributed by atoms with E-state index in [1.807, 2.05) is 0 Å². The van der Waals surface area contributed by atoms with Gasteiger partial charge >= 0.3 is 6.18 Å². The number of hydrogen-bond donors (Lipinski definition) is 0. The largest absolute Gasteiger partial charge is 0.545 e. The van der Waals surface area contributed by atoms with Crippen LogP contribution >= 0.6 is 50.7 Å². The minimum absolute atomic E-state index is 0.0243. The van der Waals surface area contributed by atoms with E-state index in [0.717, 1.165) is 18.2 Å². The van der Waals surface area contributed by atoms with Crippen molar-refractivity contribution in [2.45, 2.75) is 12.1 Å². The van der Waals surface area contributed by atoms with Crippen LogP contribution in [0, 0.1) is 0 Å². The van der Waals surface area contributed by atoms with Crippen molar-refractivity contribution in [1.82, 2.24) is 0 Å². The van der Waals surface area contributed by atoms with Crippen molar-refractivity contribution in [3.8, 4) is 0 Å². The Labute approximate surface area is 170 Å². The third kappa shape index (κ3) is 4.94. The number of carbonyl (C=O) groups excluding carboxylic acids is 1. The van der Waals surface area contributed by atoms with Gasteiger partial charge < -0.3 is 9.90 Å². The SMILES string of the molecule is O=C([O-])c1ccc(C=CC(c2cc(Cl)c(Cl)c(Cl)c2)C(F)(F)F)cc1Br. The summed E-state index contributed by atoms with van der Waals surface area (Å²) in [5, 5.41) is 10.7. The van der Waals surface area contributed by atoms with Crippen molar-refractivity contribution in [3.63, 3.8) is 0 Å². The van der Waals surface area contributed by atoms with Crippen LogP contribution in [-0.4, -0.2) is 12.1 Å². The van der Waals surface area contributed by atoms with E-state index in [2.05, 4.69) is 15.9 Å². The summed E-state index contributed by atoms with van der Waals surface area (Å²) in [6, 6.07) is 6.18. The third-order valence-corrected chi connectivity index (χ3v) is 5.27. The number of carboxylic acid groups (broad SMARTS) is 1. The van der Waals surface area contributed by atoms with Gasteiger partial charge in [0, 0.05) is 10.0 Å². The normalized spacial score (nSPS) is 13.2. The van der Waals surface area contributed by atoms with Gasteiger partial charge in [0.05, 0.1) is 27.0 Å². The van der Waals surface area contributed by atoms with Crippen LogP contribution < -0.4 is 5.11 Å². The quantitative estimate of drug-likeness (QED) is 0.487. The molecule has 0 N–H and O–H groups in total. The van der Waals surface area contributed by atoms with Gasteiger partial charge in [0.15, 0.2) is 0 Å². The molecule has 2 nitrogen and oxygen atoms in total. The van der Waals surface area contributed by atoms with E-state index < -0.39 is 18.1 Å². The van der Waals surface area contributed by atoms with E-state index in [-0.39, 0.29) is 30.7 Å². The van der Waals surface area contributed by atoms with E-state index >= 15 is 0 Å². The van der Waals surface area contributed by atoms with Gasteiger partial charge in [-0.15, -0.1) is 0 Å². The molecule has 2 aromatic carbocycles. The monoisotopic (exact) mass is 485 g/mol. The highest BCUT2D eigenvalue weighted by Crippen LogP contribution is 2.41. The van der Waals surface area contributed by atoms with Crippen LogP contribution in [0.2, 0.25) is 15.1 Å². The minimum Gasteiger partial charge on any atom is -0.545 e. The molecule has 0 aromatic heterocycles. The zero-order valence-corrected chi connectivity index (χ0v) is 16.4. The molecule has 1 atom stereocenters. The first-order valence-electron chi connectivity index (χ1n) is 6.91. The molecule has 138 valence electrons. The van der Waals surface area contributed by atoms with Crippen LogP contribution in [0.5, 0.6) is 0 Å². The molecule has 9 heteroatoms. The van der Waals surface area contributed by atoms with E-state index in [1.54, 1.807) is 0 Å². The predicted molar refractivity (Wildman–Crippen MR) is 97.8 cm³/mol. The molecule has 1 unspecified atom stereocenters. The molecule has 0 amide bonds. The lowest BCUT2D eigenvalue weighted by atomic mass is 9.97. The molecule has 0 spiro atoms. The Morgan fingerprint density at radius 3 is 2.15 bits per heavy atom. The highest BCUT2D eigenvalue weighted by atomic mass is 79.9. The molecular weight excluding hydrogens is 479 g/mol. The lowest BCUT2D eigenvalue weighted by molar-refractivity contribution is -0.255. The fourth-order valence-electron chi connectivity index (χ4n) is 2.17. The second-order valence-electron chi connectivity index (χ2n) is 5.20. The molecule has 2 aromatic rings. The highest BCUT2D eigenvalue weighted by Gasteiger charge is 2.39. The summed E-state index contributed by atoms with van der Waals surface area (Å²) in [5.41, 5.74) is 0.0895. The lowest BCUT2D eigenvalue weighted by Crippen LogP contribution is -2.22. The lowest BCUT2D eigenvalue weighted by Gasteiger charge is -2.18. The van der Waals surface area contributed by atoms with Gasteiger partial charge in [-0.05, 0) is 29.3 Å². The van der Waals surface area contributed by atoms with Crippen LogP contribution in [0.15, 0.2) is 40.9 Å². The Hall–Kier alpha value is -1.21. The number of carboxylic acids is 1. The molecule has 0 aliphatic carbocycles. The van der Waals surface area contributed by atoms with Crippen LogP contribution in [0.25, 0.3) is 6.08 Å². The highest BCUT2D eigenvalue weighted by molar-refractivity contribution is 9.10. The molecule has 0 radical (unpaired) electrons. The molecule has 26 heavy (non-hydrogen) atoms. The number of rotatable bonds is 4. The molecule has 0 saturated heterocycles. The maximum absolute atomic E-state index is 13.5. The van der Waals surface area contributed by atoms with Crippen molar-refractivity contribution >= 4 is 62.8 Å². The number of aromatic carboxylic acids is 1. The standard InChI is InChI=1S/C17H9BrCl3F3O2/c18-12-5-8(1-3-10(12)16(25)26)2-4-11(17(22,23)24)9-6-13(19)15(21)14(20)7-9/h1-7,11H,(H,25,26)/p-1. The zero-order chi connectivity index (χ0) is 19.6. The molecule has 0 saturated carbocycles. The van der Waals surface area contributed by atoms with Gasteiger partial charge in [0.1, 0.15) is 0 Å². The minimum atomic E-state index is -4.60. The van der Waals surface area contributed by atoms with Crippen LogP contribution in [0.3, 0.4) is 0 Å². The molecule has 2 rings (SSSR count). The van der Waals surface area contributed by atoms with E-state index in [1.165, 1.54) is 24.3 Å². The van der Waals surface area contributed by atoms with Crippen LogP contribution in [-0.2, 0) is 0 Å². The Morgan fingerprint density at radius 2 is 1.69 bits per heavy atom. The number of hydrogen-bond acceptors (Lipinski definition) is 2. The van der Waals surface area contributed by atoms with Crippen molar-refractivity contribution in [2.24, 2.45) is 0 Å². The molecule has 0 aliphatic rings. The average Bonchev–Trinajstić information content (AvgIpc) is 2.51. The third-order valence-electron chi connectivity index (χ3n) is 3.41. The van der Waals surface area contributed by atoms with Gasteiger partial charge in [0.25, 0.3) is 0 Å². The van der Waals surface area contributed by atoms with Crippen LogP contribution in [0.4, 0.5) is 13.2 Å². The Balaban J connectivity index is 2.42. The molecule has 0 heterocycles. The molecule has 0 bridgehead atoms. The zero-order valence-electron chi connectivity index (χ0n) is 12.6. The number of alkyl halides is 3. The first kappa shape index (κ1) is 21.1. The second-order valence-corrected chi connectivity index (χ2v) is 7.25.